The molecule has 0 spiro atoms. The first-order valence-electron chi connectivity index (χ1n) is 9.29. The van der Waals surface area contributed by atoms with Gasteiger partial charge in [0.1, 0.15) is 5.75 Å². The van der Waals surface area contributed by atoms with Gasteiger partial charge in [-0.15, -0.1) is 0 Å². The quantitative estimate of drug-likeness (QED) is 0.775. The van der Waals surface area contributed by atoms with Crippen LogP contribution in [0.25, 0.3) is 0 Å². The number of piperidine rings is 1. The number of nitrogens with one attached hydrogen (secondary N) is 1. The van der Waals surface area contributed by atoms with Gasteiger partial charge < -0.3 is 15.0 Å². The highest BCUT2D eigenvalue weighted by Crippen LogP contribution is 2.27. The van der Waals surface area contributed by atoms with Crippen molar-refractivity contribution in [2.24, 2.45) is 5.92 Å². The first kappa shape index (κ1) is 19.6. The molecule has 0 aliphatic carbocycles. The standard InChI is InChI=1S/C21H24ClFN2O2/c1-2-24-14-15-9-11-25(12-10-15)21(26)16-3-8-20(19(23)13-16)27-18-6-4-17(22)5-7-18/h3-8,13,15,24H,2,9-12,14H2,1H3. The van der Waals surface area contributed by atoms with Gasteiger partial charge in [-0.25, -0.2) is 4.39 Å². The third kappa shape index (κ3) is 5.21. The fourth-order valence-electron chi connectivity index (χ4n) is 3.22. The van der Waals surface area contributed by atoms with E-state index in [9.17, 15) is 9.18 Å². The van der Waals surface area contributed by atoms with Crippen LogP contribution in [0, 0.1) is 11.7 Å². The second kappa shape index (κ2) is 9.20. The molecule has 1 saturated heterocycles. The highest BCUT2D eigenvalue weighted by molar-refractivity contribution is 6.30. The molecule has 1 N–H and O–H groups in total. The molecular weight excluding hydrogens is 367 g/mol. The smallest absolute Gasteiger partial charge is 0.253 e. The summed E-state index contributed by atoms with van der Waals surface area (Å²) in [6, 6.07) is 11.0. The lowest BCUT2D eigenvalue weighted by atomic mass is 9.96. The molecule has 4 nitrogen and oxygen atoms in total. The molecule has 2 aromatic carbocycles. The molecule has 27 heavy (non-hydrogen) atoms. The Kier molecular flexibility index (Phi) is 6.69. The number of hydrogen-bond acceptors (Lipinski definition) is 3. The van der Waals surface area contributed by atoms with Crippen LogP contribution in [0.4, 0.5) is 4.39 Å². The molecule has 6 heteroatoms. The maximum absolute atomic E-state index is 14.4. The van der Waals surface area contributed by atoms with Crippen LogP contribution in [0.5, 0.6) is 11.5 Å². The lowest BCUT2D eigenvalue weighted by Crippen LogP contribution is -2.40. The average molecular weight is 391 g/mol. The lowest BCUT2D eigenvalue weighted by Gasteiger charge is -2.32. The van der Waals surface area contributed by atoms with Crippen molar-refractivity contribution in [2.75, 3.05) is 26.2 Å². The summed E-state index contributed by atoms with van der Waals surface area (Å²) in [5.41, 5.74) is 0.348. The molecular formula is C21H24ClFN2O2. The summed E-state index contributed by atoms with van der Waals surface area (Å²) in [6.45, 7) is 5.46. The van der Waals surface area contributed by atoms with Crippen molar-refractivity contribution < 1.29 is 13.9 Å². The Morgan fingerprint density at radius 3 is 2.56 bits per heavy atom. The van der Waals surface area contributed by atoms with Crippen LogP contribution in [0.15, 0.2) is 42.5 Å². The van der Waals surface area contributed by atoms with Crippen molar-refractivity contribution in [2.45, 2.75) is 19.8 Å². The summed E-state index contributed by atoms with van der Waals surface area (Å²) in [5, 5.41) is 3.94. The molecule has 0 aromatic heterocycles. The topological polar surface area (TPSA) is 41.6 Å². The van der Waals surface area contributed by atoms with Gasteiger partial charge in [-0.05, 0) is 74.3 Å². The number of nitrogens with zero attached hydrogens (tertiary/aromatic N) is 1. The predicted molar refractivity (Wildman–Crippen MR) is 105 cm³/mol. The summed E-state index contributed by atoms with van der Waals surface area (Å²) < 4.78 is 19.9. The van der Waals surface area contributed by atoms with Gasteiger partial charge >= 0.3 is 0 Å². The minimum absolute atomic E-state index is 0.0817. The Morgan fingerprint density at radius 1 is 1.22 bits per heavy atom. The molecule has 1 aliphatic heterocycles. The zero-order chi connectivity index (χ0) is 19.2. The van der Waals surface area contributed by atoms with Gasteiger partial charge in [-0.1, -0.05) is 18.5 Å². The van der Waals surface area contributed by atoms with E-state index in [1.807, 2.05) is 0 Å². The molecule has 2 aromatic rings. The number of amides is 1. The van der Waals surface area contributed by atoms with Gasteiger partial charge in [0.25, 0.3) is 5.91 Å². The Hall–Kier alpha value is -2.11. The minimum Gasteiger partial charge on any atom is -0.454 e. The second-order valence-electron chi connectivity index (χ2n) is 6.74. The van der Waals surface area contributed by atoms with Crippen LogP contribution in [-0.4, -0.2) is 37.0 Å². The molecule has 1 heterocycles. The third-order valence-corrected chi connectivity index (χ3v) is 5.06. The Balaban J connectivity index is 1.61. The van der Waals surface area contributed by atoms with E-state index in [0.717, 1.165) is 25.9 Å². The van der Waals surface area contributed by atoms with Crippen LogP contribution in [-0.2, 0) is 0 Å². The van der Waals surface area contributed by atoms with E-state index < -0.39 is 5.82 Å². The SMILES string of the molecule is CCNCC1CCN(C(=O)c2ccc(Oc3ccc(Cl)cc3)c(F)c2)CC1. The molecule has 0 bridgehead atoms. The van der Waals surface area contributed by atoms with Gasteiger partial charge in [0.2, 0.25) is 0 Å². The van der Waals surface area contributed by atoms with Gasteiger partial charge in [0.05, 0.1) is 0 Å². The average Bonchev–Trinajstić information content (AvgIpc) is 2.69. The largest absolute Gasteiger partial charge is 0.454 e. The normalized spacial score (nSPS) is 15.0. The van der Waals surface area contributed by atoms with Crippen molar-refractivity contribution in [1.29, 1.82) is 0 Å². The van der Waals surface area contributed by atoms with Crippen molar-refractivity contribution in [1.82, 2.24) is 10.2 Å². The number of hydrogen-bond donors (Lipinski definition) is 1. The molecule has 0 unspecified atom stereocenters. The first-order chi connectivity index (χ1) is 13.1. The zero-order valence-corrected chi connectivity index (χ0v) is 16.1. The highest BCUT2D eigenvalue weighted by Gasteiger charge is 2.24. The molecule has 1 amide bonds. The number of halogens is 2. The first-order valence-corrected chi connectivity index (χ1v) is 9.67. The number of benzene rings is 2. The van der Waals surface area contributed by atoms with Crippen LogP contribution in [0.3, 0.4) is 0 Å². The predicted octanol–water partition coefficient (Wildman–Crippen LogP) is 4.73. The number of carbonyl (C=O) groups excluding carboxylic acids is 1. The highest BCUT2D eigenvalue weighted by atomic mass is 35.5. The summed E-state index contributed by atoms with van der Waals surface area (Å²) in [4.78, 5) is 14.5. The molecule has 144 valence electrons. The van der Waals surface area contributed by atoms with E-state index >= 15 is 0 Å². The maximum Gasteiger partial charge on any atom is 0.253 e. The van der Waals surface area contributed by atoms with Crippen LogP contribution in [0.2, 0.25) is 5.02 Å². The lowest BCUT2D eigenvalue weighted by molar-refractivity contribution is 0.0689. The van der Waals surface area contributed by atoms with Gasteiger partial charge in [-0.3, -0.25) is 4.79 Å². The third-order valence-electron chi connectivity index (χ3n) is 4.81. The summed E-state index contributed by atoms with van der Waals surface area (Å²) in [5.74, 6) is 0.478. The van der Waals surface area contributed by atoms with Crippen LogP contribution < -0.4 is 10.1 Å². The van der Waals surface area contributed by atoms with E-state index in [1.54, 1.807) is 35.2 Å². The summed E-state index contributed by atoms with van der Waals surface area (Å²) in [7, 11) is 0. The van der Waals surface area contributed by atoms with Crippen LogP contribution >= 0.6 is 11.6 Å². The molecule has 1 aliphatic rings. The van der Waals surface area contributed by atoms with Crippen molar-refractivity contribution in [3.63, 3.8) is 0 Å². The van der Waals surface area contributed by atoms with Gasteiger partial charge in [0, 0.05) is 23.7 Å². The summed E-state index contributed by atoms with van der Waals surface area (Å²) >= 11 is 5.83. The fourth-order valence-corrected chi connectivity index (χ4v) is 3.34. The van der Waals surface area contributed by atoms with E-state index in [2.05, 4.69) is 12.2 Å². The van der Waals surface area contributed by atoms with Crippen molar-refractivity contribution >= 4 is 17.5 Å². The Labute approximate surface area is 164 Å². The minimum atomic E-state index is -0.558. The molecule has 0 saturated carbocycles. The maximum atomic E-state index is 14.4. The Bertz CT molecular complexity index is 774. The van der Waals surface area contributed by atoms with Crippen molar-refractivity contribution in [3.8, 4) is 11.5 Å². The number of likely N-dealkylation sites (tertiary alicyclic amines) is 1. The summed E-state index contributed by atoms with van der Waals surface area (Å²) in [6.07, 6.45) is 1.94. The number of carbonyl (C=O) groups is 1. The van der Waals surface area contributed by atoms with Crippen LogP contribution in [0.1, 0.15) is 30.1 Å². The van der Waals surface area contributed by atoms with E-state index in [0.29, 0.717) is 35.3 Å². The van der Waals surface area contributed by atoms with E-state index in [1.165, 1.54) is 12.1 Å². The van der Waals surface area contributed by atoms with E-state index in [-0.39, 0.29) is 11.7 Å². The molecule has 1 fully saturated rings. The van der Waals surface area contributed by atoms with E-state index in [4.69, 9.17) is 16.3 Å². The van der Waals surface area contributed by atoms with Gasteiger partial charge in [0.15, 0.2) is 11.6 Å². The monoisotopic (exact) mass is 390 g/mol. The van der Waals surface area contributed by atoms with Crippen molar-refractivity contribution in [3.05, 3.63) is 58.9 Å². The Morgan fingerprint density at radius 2 is 1.93 bits per heavy atom. The molecule has 3 rings (SSSR count). The second-order valence-corrected chi connectivity index (χ2v) is 7.18. The fraction of sp³-hybridized carbons (Fsp3) is 0.381. The number of rotatable bonds is 6. The molecule has 0 atom stereocenters. The zero-order valence-electron chi connectivity index (χ0n) is 15.4. The number of ether oxygens (including phenoxy) is 1. The van der Waals surface area contributed by atoms with Gasteiger partial charge in [-0.2, -0.15) is 0 Å². The molecule has 0 radical (unpaired) electrons.